The molecule has 0 aliphatic heterocycles. The number of rotatable bonds is 7. The molecule has 8 heteroatoms. The molecule has 0 aliphatic rings. The maximum Gasteiger partial charge on any atom is 0.312 e. The van der Waals surface area contributed by atoms with Gasteiger partial charge in [0.2, 0.25) is 0 Å². The molecule has 3 aromatic rings. The number of carbonyl (C=O) groups is 2. The number of hydrogen-bond donors (Lipinski definition) is 1. The van der Waals surface area contributed by atoms with Crippen LogP contribution in [-0.2, 0) is 20.7 Å². The Balaban J connectivity index is 1.53. The second kappa shape index (κ2) is 9.29. The molecule has 1 aromatic heterocycles. The van der Waals surface area contributed by atoms with Gasteiger partial charge in [-0.25, -0.2) is 9.37 Å². The number of amides is 1. The molecule has 2 aromatic carbocycles. The number of esters is 1. The van der Waals surface area contributed by atoms with E-state index in [9.17, 15) is 14.0 Å². The number of ether oxygens (including phenoxy) is 2. The summed E-state index contributed by atoms with van der Waals surface area (Å²) >= 11 is 1.35. The number of hydrogen-bond acceptors (Lipinski definition) is 6. The summed E-state index contributed by atoms with van der Waals surface area (Å²) in [6.07, 6.45) is -1.02. The van der Waals surface area contributed by atoms with Crippen molar-refractivity contribution in [3.05, 3.63) is 65.4 Å². The van der Waals surface area contributed by atoms with E-state index in [1.165, 1.54) is 30.4 Å². The molecule has 0 radical (unpaired) electrons. The fourth-order valence-electron chi connectivity index (χ4n) is 2.47. The second-order valence-corrected chi connectivity index (χ2v) is 7.04. The molecule has 1 amide bonds. The number of aromatic nitrogens is 1. The molecule has 0 bridgehead atoms. The quantitative estimate of drug-likeness (QED) is 0.590. The van der Waals surface area contributed by atoms with Crippen molar-refractivity contribution in [2.75, 3.05) is 12.4 Å². The molecule has 0 unspecified atom stereocenters. The van der Waals surface area contributed by atoms with Crippen LogP contribution in [0.4, 0.5) is 10.1 Å². The molecule has 1 heterocycles. The second-order valence-electron chi connectivity index (χ2n) is 6.18. The predicted octanol–water partition coefficient (Wildman–Crippen LogP) is 4.07. The molecular weight excluding hydrogens is 395 g/mol. The van der Waals surface area contributed by atoms with E-state index in [2.05, 4.69) is 10.3 Å². The highest BCUT2D eigenvalue weighted by atomic mass is 32.1. The van der Waals surface area contributed by atoms with Crippen molar-refractivity contribution in [3.63, 3.8) is 0 Å². The molecule has 6 nitrogen and oxygen atoms in total. The minimum Gasteiger partial charge on any atom is -0.497 e. The van der Waals surface area contributed by atoms with Gasteiger partial charge in [-0.3, -0.25) is 9.59 Å². The summed E-state index contributed by atoms with van der Waals surface area (Å²) in [6, 6.07) is 12.8. The fraction of sp³-hybridized carbons (Fsp3) is 0.190. The molecule has 1 N–H and O–H groups in total. The summed E-state index contributed by atoms with van der Waals surface area (Å²) in [5, 5.41) is 5.09. The molecule has 0 fully saturated rings. The van der Waals surface area contributed by atoms with Gasteiger partial charge in [0.15, 0.2) is 6.10 Å². The highest BCUT2D eigenvalue weighted by Crippen LogP contribution is 2.24. The van der Waals surface area contributed by atoms with E-state index < -0.39 is 18.0 Å². The lowest BCUT2D eigenvalue weighted by molar-refractivity contribution is -0.152. The Morgan fingerprint density at radius 1 is 1.14 bits per heavy atom. The Labute approximate surface area is 171 Å². The molecule has 0 saturated heterocycles. The standard InChI is InChI=1S/C21H19FN2O4S/c1-13(20(26)23-16-7-9-18(27-2)10-8-16)28-19(25)11-17-12-29-21(24-17)14-3-5-15(22)6-4-14/h3-10,12-13H,11H2,1-2H3,(H,23,26)/t13-/m1/s1. The summed E-state index contributed by atoms with van der Waals surface area (Å²) < 4.78 is 23.3. The molecule has 0 aliphatic carbocycles. The van der Waals surface area contributed by atoms with Crippen LogP contribution in [0, 0.1) is 5.82 Å². The van der Waals surface area contributed by atoms with Gasteiger partial charge < -0.3 is 14.8 Å². The summed E-state index contributed by atoms with van der Waals surface area (Å²) in [7, 11) is 1.56. The van der Waals surface area contributed by atoms with Gasteiger partial charge in [-0.15, -0.1) is 11.3 Å². The van der Waals surface area contributed by atoms with E-state index in [1.54, 1.807) is 48.9 Å². The SMILES string of the molecule is COc1ccc(NC(=O)[C@@H](C)OC(=O)Cc2csc(-c3ccc(F)cc3)n2)cc1. The summed E-state index contributed by atoms with van der Waals surface area (Å²) in [5.41, 5.74) is 1.87. The van der Waals surface area contributed by atoms with Crippen LogP contribution >= 0.6 is 11.3 Å². The van der Waals surface area contributed by atoms with Crippen molar-refractivity contribution < 1.29 is 23.5 Å². The van der Waals surface area contributed by atoms with Crippen LogP contribution in [0.1, 0.15) is 12.6 Å². The highest BCUT2D eigenvalue weighted by molar-refractivity contribution is 7.13. The van der Waals surface area contributed by atoms with Crippen LogP contribution in [-0.4, -0.2) is 30.1 Å². The molecule has 29 heavy (non-hydrogen) atoms. The van der Waals surface area contributed by atoms with Crippen LogP contribution in [0.25, 0.3) is 10.6 Å². The van der Waals surface area contributed by atoms with Gasteiger partial charge in [-0.05, 0) is 55.5 Å². The molecule has 150 valence electrons. The van der Waals surface area contributed by atoms with Crippen molar-refractivity contribution in [2.45, 2.75) is 19.4 Å². The zero-order chi connectivity index (χ0) is 20.8. The summed E-state index contributed by atoms with van der Waals surface area (Å²) in [4.78, 5) is 28.7. The van der Waals surface area contributed by atoms with Crippen molar-refractivity contribution in [1.29, 1.82) is 0 Å². The normalized spacial score (nSPS) is 11.6. The number of benzene rings is 2. The van der Waals surface area contributed by atoms with Crippen molar-refractivity contribution in [2.24, 2.45) is 0 Å². The molecular formula is C21H19FN2O4S. The number of nitrogens with one attached hydrogen (secondary N) is 1. The third kappa shape index (κ3) is 5.61. The Kier molecular flexibility index (Phi) is 6.56. The summed E-state index contributed by atoms with van der Waals surface area (Å²) in [6.45, 7) is 1.50. The molecule has 0 saturated carbocycles. The maximum absolute atomic E-state index is 13.0. The smallest absolute Gasteiger partial charge is 0.312 e. The number of methoxy groups -OCH3 is 1. The topological polar surface area (TPSA) is 77.5 Å². The zero-order valence-electron chi connectivity index (χ0n) is 15.8. The van der Waals surface area contributed by atoms with Gasteiger partial charge in [-0.2, -0.15) is 0 Å². The van der Waals surface area contributed by atoms with E-state index in [-0.39, 0.29) is 12.2 Å². The van der Waals surface area contributed by atoms with Crippen LogP contribution < -0.4 is 10.1 Å². The van der Waals surface area contributed by atoms with E-state index in [0.717, 1.165) is 5.56 Å². The highest BCUT2D eigenvalue weighted by Gasteiger charge is 2.19. The third-order valence-corrected chi connectivity index (χ3v) is 4.94. The first-order valence-corrected chi connectivity index (χ1v) is 9.67. The van der Waals surface area contributed by atoms with Gasteiger partial charge in [0.25, 0.3) is 5.91 Å². The average Bonchev–Trinajstić information content (AvgIpc) is 3.17. The molecule has 0 spiro atoms. The van der Waals surface area contributed by atoms with Gasteiger partial charge in [0, 0.05) is 16.6 Å². The molecule has 3 rings (SSSR count). The average molecular weight is 414 g/mol. The predicted molar refractivity (Wildman–Crippen MR) is 108 cm³/mol. The van der Waals surface area contributed by atoms with E-state index in [0.29, 0.717) is 22.1 Å². The van der Waals surface area contributed by atoms with Gasteiger partial charge in [-0.1, -0.05) is 0 Å². The van der Waals surface area contributed by atoms with Crippen LogP contribution in [0.2, 0.25) is 0 Å². The fourth-order valence-corrected chi connectivity index (χ4v) is 3.30. The van der Waals surface area contributed by atoms with Crippen LogP contribution in [0.15, 0.2) is 53.9 Å². The van der Waals surface area contributed by atoms with Gasteiger partial charge >= 0.3 is 5.97 Å². The number of halogens is 1. The number of anilines is 1. The zero-order valence-corrected chi connectivity index (χ0v) is 16.7. The lowest BCUT2D eigenvalue weighted by Crippen LogP contribution is -2.30. The number of nitrogens with zero attached hydrogens (tertiary/aromatic N) is 1. The number of carbonyl (C=O) groups excluding carboxylic acids is 2. The lowest BCUT2D eigenvalue weighted by Gasteiger charge is -2.13. The van der Waals surface area contributed by atoms with E-state index >= 15 is 0 Å². The van der Waals surface area contributed by atoms with Crippen molar-refractivity contribution in [1.82, 2.24) is 4.98 Å². The number of thiazole rings is 1. The Morgan fingerprint density at radius 2 is 1.83 bits per heavy atom. The third-order valence-electron chi connectivity index (χ3n) is 4.00. The largest absolute Gasteiger partial charge is 0.497 e. The van der Waals surface area contributed by atoms with E-state index in [4.69, 9.17) is 9.47 Å². The molecule has 1 atom stereocenters. The Bertz CT molecular complexity index is 987. The first kappa shape index (κ1) is 20.5. The van der Waals surface area contributed by atoms with Crippen molar-refractivity contribution >= 4 is 28.9 Å². The minimum atomic E-state index is -0.959. The monoisotopic (exact) mass is 414 g/mol. The van der Waals surface area contributed by atoms with Crippen LogP contribution in [0.3, 0.4) is 0 Å². The minimum absolute atomic E-state index is 0.0577. The van der Waals surface area contributed by atoms with Gasteiger partial charge in [0.05, 0.1) is 19.2 Å². The van der Waals surface area contributed by atoms with Gasteiger partial charge in [0.1, 0.15) is 16.6 Å². The lowest BCUT2D eigenvalue weighted by atomic mass is 10.2. The van der Waals surface area contributed by atoms with Crippen molar-refractivity contribution in [3.8, 4) is 16.3 Å². The maximum atomic E-state index is 13.0. The Hall–Kier alpha value is -3.26. The first-order chi connectivity index (χ1) is 13.9. The summed E-state index contributed by atoms with van der Waals surface area (Å²) in [5.74, 6) is -0.645. The van der Waals surface area contributed by atoms with E-state index in [1.807, 2.05) is 0 Å². The van der Waals surface area contributed by atoms with Crippen LogP contribution in [0.5, 0.6) is 5.75 Å². The Morgan fingerprint density at radius 3 is 2.48 bits per heavy atom. The first-order valence-electron chi connectivity index (χ1n) is 8.79.